The molecule has 0 radical (unpaired) electrons. The van der Waals surface area contributed by atoms with Crippen molar-refractivity contribution >= 4 is 41.7 Å². The van der Waals surface area contributed by atoms with E-state index in [-0.39, 0.29) is 29.9 Å². The zero-order valence-electron chi connectivity index (χ0n) is 15.5. The van der Waals surface area contributed by atoms with E-state index in [1.807, 2.05) is 36.2 Å². The molecule has 2 heterocycles. The first-order valence-corrected chi connectivity index (χ1v) is 8.42. The third kappa shape index (κ3) is 6.33. The van der Waals surface area contributed by atoms with Crippen molar-refractivity contribution in [3.8, 4) is 0 Å². The Morgan fingerprint density at radius 2 is 1.92 bits per heavy atom. The minimum Gasteiger partial charge on any atom is -0.363 e. The van der Waals surface area contributed by atoms with E-state index in [2.05, 4.69) is 28.2 Å². The molecule has 1 aliphatic heterocycles. The van der Waals surface area contributed by atoms with E-state index in [9.17, 15) is 4.79 Å². The van der Waals surface area contributed by atoms with Crippen LogP contribution in [0.2, 0.25) is 0 Å². The number of aliphatic imine (C=N–C) groups is 1. The normalized spacial score (nSPS) is 14.8. The SMILES string of the molecule is CCNC(=NCc1ccnc(N(C)C)c1)N1CCN(C(C)=O)CC1.I. The fourth-order valence-electron chi connectivity index (χ4n) is 2.63. The lowest BCUT2D eigenvalue weighted by Gasteiger charge is -2.36. The summed E-state index contributed by atoms with van der Waals surface area (Å²) in [5.74, 6) is 1.98. The molecule has 25 heavy (non-hydrogen) atoms. The van der Waals surface area contributed by atoms with Crippen LogP contribution in [0, 0.1) is 0 Å². The average Bonchev–Trinajstić information content (AvgIpc) is 2.59. The summed E-state index contributed by atoms with van der Waals surface area (Å²) in [7, 11) is 3.96. The van der Waals surface area contributed by atoms with Crippen molar-refractivity contribution in [2.45, 2.75) is 20.4 Å². The lowest BCUT2D eigenvalue weighted by atomic mass is 10.2. The van der Waals surface area contributed by atoms with Crippen LogP contribution in [-0.2, 0) is 11.3 Å². The first-order valence-electron chi connectivity index (χ1n) is 8.42. The maximum atomic E-state index is 11.5. The molecule has 1 aromatic heterocycles. The van der Waals surface area contributed by atoms with Crippen LogP contribution in [0.15, 0.2) is 23.3 Å². The van der Waals surface area contributed by atoms with Gasteiger partial charge in [-0.15, -0.1) is 24.0 Å². The summed E-state index contributed by atoms with van der Waals surface area (Å²) in [6.07, 6.45) is 1.82. The van der Waals surface area contributed by atoms with Gasteiger partial charge in [-0.05, 0) is 24.6 Å². The highest BCUT2D eigenvalue weighted by molar-refractivity contribution is 14.0. The molecule has 0 saturated carbocycles. The maximum absolute atomic E-state index is 11.5. The van der Waals surface area contributed by atoms with Gasteiger partial charge in [0.05, 0.1) is 6.54 Å². The first kappa shape index (κ1) is 21.5. The first-order chi connectivity index (χ1) is 11.5. The summed E-state index contributed by atoms with van der Waals surface area (Å²) in [5.41, 5.74) is 1.13. The molecule has 1 aliphatic rings. The van der Waals surface area contributed by atoms with E-state index >= 15 is 0 Å². The fraction of sp³-hybridized carbons (Fsp3) is 0.588. The van der Waals surface area contributed by atoms with Gasteiger partial charge in [-0.1, -0.05) is 0 Å². The standard InChI is InChI=1S/C17H28N6O.HI/c1-5-18-17(23-10-8-22(9-11-23)14(2)24)20-13-15-6-7-19-16(12-15)21(3)4;/h6-7,12H,5,8-11,13H2,1-4H3,(H,18,20);1H. The van der Waals surface area contributed by atoms with Gasteiger partial charge in [-0.3, -0.25) is 4.79 Å². The number of nitrogens with one attached hydrogen (secondary N) is 1. The summed E-state index contributed by atoms with van der Waals surface area (Å²) in [4.78, 5) is 26.6. The van der Waals surface area contributed by atoms with Crippen LogP contribution < -0.4 is 10.2 Å². The van der Waals surface area contributed by atoms with Gasteiger partial charge in [0.1, 0.15) is 5.82 Å². The van der Waals surface area contributed by atoms with Crippen LogP contribution in [0.3, 0.4) is 0 Å². The number of carbonyl (C=O) groups is 1. The Morgan fingerprint density at radius 1 is 1.28 bits per heavy atom. The van der Waals surface area contributed by atoms with E-state index in [0.717, 1.165) is 50.1 Å². The lowest BCUT2D eigenvalue weighted by molar-refractivity contribution is -0.130. The van der Waals surface area contributed by atoms with Gasteiger partial charge in [0.25, 0.3) is 0 Å². The predicted octanol–water partition coefficient (Wildman–Crippen LogP) is 1.40. The average molecular weight is 460 g/mol. The van der Waals surface area contributed by atoms with Crippen molar-refractivity contribution in [2.75, 3.05) is 51.7 Å². The Balaban J connectivity index is 0.00000312. The number of nitrogens with zero attached hydrogens (tertiary/aromatic N) is 5. The van der Waals surface area contributed by atoms with E-state index in [1.165, 1.54) is 0 Å². The molecular formula is C17H29IN6O. The number of hydrogen-bond acceptors (Lipinski definition) is 4. The van der Waals surface area contributed by atoms with Crippen molar-refractivity contribution in [3.63, 3.8) is 0 Å². The maximum Gasteiger partial charge on any atom is 0.219 e. The van der Waals surface area contributed by atoms with Gasteiger partial charge >= 0.3 is 0 Å². The highest BCUT2D eigenvalue weighted by Gasteiger charge is 2.20. The Kier molecular flexibility index (Phi) is 8.95. The van der Waals surface area contributed by atoms with Crippen molar-refractivity contribution in [1.82, 2.24) is 20.1 Å². The van der Waals surface area contributed by atoms with Crippen LogP contribution in [0.4, 0.5) is 5.82 Å². The quantitative estimate of drug-likeness (QED) is 0.418. The number of piperazine rings is 1. The molecule has 7 nitrogen and oxygen atoms in total. The van der Waals surface area contributed by atoms with Crippen LogP contribution in [-0.4, -0.2) is 73.5 Å². The third-order valence-electron chi connectivity index (χ3n) is 4.04. The summed E-state index contributed by atoms with van der Waals surface area (Å²) in [5, 5.41) is 3.35. The molecular weight excluding hydrogens is 431 g/mol. The summed E-state index contributed by atoms with van der Waals surface area (Å²) >= 11 is 0. The minimum absolute atomic E-state index is 0. The van der Waals surface area contributed by atoms with E-state index in [0.29, 0.717) is 6.54 Å². The molecule has 1 fully saturated rings. The molecule has 2 rings (SSSR count). The molecule has 140 valence electrons. The second-order valence-corrected chi connectivity index (χ2v) is 6.08. The zero-order valence-corrected chi connectivity index (χ0v) is 17.9. The number of aromatic nitrogens is 1. The van der Waals surface area contributed by atoms with Crippen LogP contribution >= 0.6 is 24.0 Å². The number of pyridine rings is 1. The van der Waals surface area contributed by atoms with Gasteiger partial charge in [-0.2, -0.15) is 0 Å². The number of rotatable bonds is 4. The Bertz CT molecular complexity index is 584. The molecule has 1 N–H and O–H groups in total. The Labute approximate surface area is 167 Å². The molecule has 1 saturated heterocycles. The van der Waals surface area contributed by atoms with E-state index < -0.39 is 0 Å². The predicted molar refractivity (Wildman–Crippen MR) is 113 cm³/mol. The third-order valence-corrected chi connectivity index (χ3v) is 4.04. The Hall–Kier alpha value is -1.58. The molecule has 1 amide bonds. The number of halogens is 1. The molecule has 0 spiro atoms. The summed E-state index contributed by atoms with van der Waals surface area (Å²) < 4.78 is 0. The number of carbonyl (C=O) groups excluding carboxylic acids is 1. The molecule has 8 heteroatoms. The number of amides is 1. The van der Waals surface area contributed by atoms with Crippen LogP contribution in [0.5, 0.6) is 0 Å². The van der Waals surface area contributed by atoms with Crippen LogP contribution in [0.1, 0.15) is 19.4 Å². The monoisotopic (exact) mass is 460 g/mol. The van der Waals surface area contributed by atoms with Gasteiger partial charge in [0.15, 0.2) is 5.96 Å². The molecule has 0 atom stereocenters. The topological polar surface area (TPSA) is 64.1 Å². The highest BCUT2D eigenvalue weighted by atomic mass is 127. The molecule has 0 unspecified atom stereocenters. The fourth-order valence-corrected chi connectivity index (χ4v) is 2.63. The minimum atomic E-state index is 0. The molecule has 0 bridgehead atoms. The van der Waals surface area contributed by atoms with Crippen molar-refractivity contribution in [2.24, 2.45) is 4.99 Å². The number of anilines is 1. The van der Waals surface area contributed by atoms with E-state index in [1.54, 1.807) is 6.92 Å². The van der Waals surface area contributed by atoms with Gasteiger partial charge in [0, 0.05) is 59.9 Å². The summed E-state index contributed by atoms with van der Waals surface area (Å²) in [6, 6.07) is 4.05. The molecule has 1 aromatic rings. The highest BCUT2D eigenvalue weighted by Crippen LogP contribution is 2.11. The van der Waals surface area contributed by atoms with Gasteiger partial charge in [0.2, 0.25) is 5.91 Å². The molecule has 0 aromatic carbocycles. The van der Waals surface area contributed by atoms with Crippen molar-refractivity contribution in [3.05, 3.63) is 23.9 Å². The molecule has 0 aliphatic carbocycles. The van der Waals surface area contributed by atoms with E-state index in [4.69, 9.17) is 4.99 Å². The Morgan fingerprint density at radius 3 is 2.48 bits per heavy atom. The number of hydrogen-bond donors (Lipinski definition) is 1. The van der Waals surface area contributed by atoms with Crippen LogP contribution in [0.25, 0.3) is 0 Å². The lowest BCUT2D eigenvalue weighted by Crippen LogP contribution is -2.53. The smallest absolute Gasteiger partial charge is 0.219 e. The largest absolute Gasteiger partial charge is 0.363 e. The van der Waals surface area contributed by atoms with Crippen molar-refractivity contribution in [1.29, 1.82) is 0 Å². The second-order valence-electron chi connectivity index (χ2n) is 6.08. The van der Waals surface area contributed by atoms with Crippen molar-refractivity contribution < 1.29 is 4.79 Å². The van der Waals surface area contributed by atoms with Gasteiger partial charge in [-0.25, -0.2) is 9.98 Å². The second kappa shape index (κ2) is 10.4. The number of guanidine groups is 1. The summed E-state index contributed by atoms with van der Waals surface area (Å²) in [6.45, 7) is 8.25. The van der Waals surface area contributed by atoms with Gasteiger partial charge < -0.3 is 20.0 Å². The zero-order chi connectivity index (χ0) is 17.5.